The van der Waals surface area contributed by atoms with Crippen LogP contribution in [0.4, 0.5) is 0 Å². The third-order valence-electron chi connectivity index (χ3n) is 4.22. The summed E-state index contributed by atoms with van der Waals surface area (Å²) in [4.78, 5) is 4.61. The van der Waals surface area contributed by atoms with E-state index in [9.17, 15) is 0 Å². The number of hydrogen-bond donors (Lipinski definition) is 2. The number of aromatic nitrogens is 3. The molecule has 0 radical (unpaired) electrons. The van der Waals surface area contributed by atoms with Gasteiger partial charge in [0.05, 0.1) is 0 Å². The quantitative estimate of drug-likeness (QED) is 0.629. The summed E-state index contributed by atoms with van der Waals surface area (Å²) in [5, 5.41) is 14.9. The van der Waals surface area contributed by atoms with E-state index in [0.29, 0.717) is 6.54 Å². The molecule has 2 rings (SSSR count). The van der Waals surface area contributed by atoms with Crippen molar-refractivity contribution in [3.8, 4) is 0 Å². The Morgan fingerprint density at radius 3 is 2.42 bits per heavy atom. The van der Waals surface area contributed by atoms with E-state index < -0.39 is 0 Å². The summed E-state index contributed by atoms with van der Waals surface area (Å²) >= 11 is 0. The summed E-state index contributed by atoms with van der Waals surface area (Å²) in [6.07, 6.45) is 0.978. The average Bonchev–Trinajstić information content (AvgIpc) is 2.87. The Morgan fingerprint density at radius 1 is 1.12 bits per heavy atom. The van der Waals surface area contributed by atoms with E-state index in [1.165, 1.54) is 16.7 Å². The van der Waals surface area contributed by atoms with Gasteiger partial charge in [-0.15, -0.1) is 10.2 Å². The van der Waals surface area contributed by atoms with Gasteiger partial charge in [0.25, 0.3) is 0 Å². The molecule has 0 saturated carbocycles. The Morgan fingerprint density at radius 2 is 1.83 bits per heavy atom. The van der Waals surface area contributed by atoms with Crippen molar-refractivity contribution in [2.75, 3.05) is 13.1 Å². The van der Waals surface area contributed by atoms with E-state index in [2.05, 4.69) is 64.8 Å². The van der Waals surface area contributed by atoms with E-state index >= 15 is 0 Å². The van der Waals surface area contributed by atoms with Crippen molar-refractivity contribution >= 4 is 5.96 Å². The molecule has 0 bridgehead atoms. The number of rotatable bonds is 6. The summed E-state index contributed by atoms with van der Waals surface area (Å²) in [5.74, 6) is 2.57. The van der Waals surface area contributed by atoms with Gasteiger partial charge in [0.1, 0.15) is 12.4 Å². The van der Waals surface area contributed by atoms with E-state index in [-0.39, 0.29) is 0 Å². The van der Waals surface area contributed by atoms with Gasteiger partial charge in [-0.1, -0.05) is 18.2 Å². The largest absolute Gasteiger partial charge is 0.357 e. The number of nitrogens with zero attached hydrogens (tertiary/aromatic N) is 4. The highest BCUT2D eigenvalue weighted by Gasteiger charge is 2.06. The molecule has 6 heteroatoms. The van der Waals surface area contributed by atoms with Gasteiger partial charge in [-0.25, -0.2) is 4.99 Å². The number of guanidine groups is 1. The molecule has 1 aromatic carbocycles. The molecule has 1 heterocycles. The Bertz CT molecular complexity index is 681. The second-order valence-electron chi connectivity index (χ2n) is 5.96. The fourth-order valence-electron chi connectivity index (χ4n) is 2.63. The lowest BCUT2D eigenvalue weighted by atomic mass is 10.0. The summed E-state index contributed by atoms with van der Waals surface area (Å²) in [5.41, 5.74) is 4.09. The molecule has 0 unspecified atom stereocenters. The monoisotopic (exact) mass is 328 g/mol. The van der Waals surface area contributed by atoms with Gasteiger partial charge in [0.2, 0.25) is 0 Å². The van der Waals surface area contributed by atoms with Crippen LogP contribution < -0.4 is 10.6 Å². The first-order chi connectivity index (χ1) is 11.5. The lowest BCUT2D eigenvalue weighted by Crippen LogP contribution is -2.38. The molecule has 0 spiro atoms. The van der Waals surface area contributed by atoms with Crippen LogP contribution in [0.2, 0.25) is 0 Å². The standard InChI is InChI=1S/C18H28N6/c1-6-19-18(21-12-17-23-22-15(4)24(17)5)20-11-10-16-13(2)8-7-9-14(16)3/h7-9H,6,10-12H2,1-5H3,(H2,19,20,21). The highest BCUT2D eigenvalue weighted by molar-refractivity contribution is 5.79. The number of benzene rings is 1. The van der Waals surface area contributed by atoms with Gasteiger partial charge in [-0.3, -0.25) is 0 Å². The summed E-state index contributed by atoms with van der Waals surface area (Å²) in [6.45, 7) is 10.5. The van der Waals surface area contributed by atoms with Crippen LogP contribution in [0.3, 0.4) is 0 Å². The van der Waals surface area contributed by atoms with Crippen molar-refractivity contribution in [1.82, 2.24) is 25.4 Å². The zero-order chi connectivity index (χ0) is 17.5. The third kappa shape index (κ3) is 4.57. The van der Waals surface area contributed by atoms with Gasteiger partial charge in [0.15, 0.2) is 11.8 Å². The number of aliphatic imine (C=N–C) groups is 1. The molecule has 2 N–H and O–H groups in total. The second kappa shape index (κ2) is 8.47. The predicted molar refractivity (Wildman–Crippen MR) is 98.2 cm³/mol. The lowest BCUT2D eigenvalue weighted by molar-refractivity contribution is 0.752. The number of hydrogen-bond acceptors (Lipinski definition) is 3. The van der Waals surface area contributed by atoms with Gasteiger partial charge >= 0.3 is 0 Å². The van der Waals surface area contributed by atoms with E-state index in [0.717, 1.165) is 37.1 Å². The lowest BCUT2D eigenvalue weighted by Gasteiger charge is -2.13. The molecule has 6 nitrogen and oxygen atoms in total. The second-order valence-corrected chi connectivity index (χ2v) is 5.96. The fraction of sp³-hybridized carbons (Fsp3) is 0.500. The van der Waals surface area contributed by atoms with Crippen molar-refractivity contribution < 1.29 is 0 Å². The van der Waals surface area contributed by atoms with E-state index in [1.54, 1.807) is 0 Å². The topological polar surface area (TPSA) is 67.1 Å². The molecular weight excluding hydrogens is 300 g/mol. The number of aryl methyl sites for hydroxylation is 3. The van der Waals surface area contributed by atoms with Crippen LogP contribution in [0.1, 0.15) is 35.3 Å². The van der Waals surface area contributed by atoms with Crippen LogP contribution in [0.15, 0.2) is 23.2 Å². The van der Waals surface area contributed by atoms with Gasteiger partial charge in [-0.2, -0.15) is 0 Å². The molecule has 0 aliphatic heterocycles. The minimum absolute atomic E-state index is 0.510. The highest BCUT2D eigenvalue weighted by atomic mass is 15.3. The van der Waals surface area contributed by atoms with Crippen molar-refractivity contribution in [3.05, 3.63) is 46.5 Å². The summed E-state index contributed by atoms with van der Waals surface area (Å²) in [7, 11) is 1.96. The van der Waals surface area contributed by atoms with Crippen molar-refractivity contribution in [2.45, 2.75) is 40.7 Å². The van der Waals surface area contributed by atoms with E-state index in [1.807, 2.05) is 18.5 Å². The van der Waals surface area contributed by atoms with Crippen molar-refractivity contribution in [2.24, 2.45) is 12.0 Å². The Labute approximate surface area is 144 Å². The molecule has 0 aliphatic rings. The Kier molecular flexibility index (Phi) is 6.35. The van der Waals surface area contributed by atoms with Crippen LogP contribution in [0, 0.1) is 20.8 Å². The molecule has 130 valence electrons. The molecule has 24 heavy (non-hydrogen) atoms. The predicted octanol–water partition coefficient (Wildman–Crippen LogP) is 2.04. The zero-order valence-corrected chi connectivity index (χ0v) is 15.3. The molecule has 0 aliphatic carbocycles. The van der Waals surface area contributed by atoms with Crippen molar-refractivity contribution in [1.29, 1.82) is 0 Å². The normalized spacial score (nSPS) is 11.6. The smallest absolute Gasteiger partial charge is 0.191 e. The minimum Gasteiger partial charge on any atom is -0.357 e. The Hall–Kier alpha value is -2.37. The van der Waals surface area contributed by atoms with Gasteiger partial charge in [-0.05, 0) is 50.8 Å². The summed E-state index contributed by atoms with van der Waals surface area (Å²) in [6, 6.07) is 6.44. The molecule has 0 saturated heterocycles. The van der Waals surface area contributed by atoms with Crippen LogP contribution in [-0.2, 0) is 20.0 Å². The molecule has 0 atom stereocenters. The molecule has 0 fully saturated rings. The Balaban J connectivity index is 1.96. The first kappa shape index (κ1) is 18.0. The van der Waals surface area contributed by atoms with E-state index in [4.69, 9.17) is 0 Å². The number of nitrogens with one attached hydrogen (secondary N) is 2. The zero-order valence-electron chi connectivity index (χ0n) is 15.3. The fourth-order valence-corrected chi connectivity index (χ4v) is 2.63. The molecule has 2 aromatic rings. The molecular formula is C18H28N6. The maximum atomic E-state index is 4.61. The van der Waals surface area contributed by atoms with Crippen molar-refractivity contribution in [3.63, 3.8) is 0 Å². The maximum Gasteiger partial charge on any atom is 0.191 e. The van der Waals surface area contributed by atoms with Gasteiger partial charge in [0, 0.05) is 20.1 Å². The highest BCUT2D eigenvalue weighted by Crippen LogP contribution is 2.13. The first-order valence-corrected chi connectivity index (χ1v) is 8.45. The first-order valence-electron chi connectivity index (χ1n) is 8.45. The SMILES string of the molecule is CCNC(=NCc1nnc(C)n1C)NCCc1c(C)cccc1C. The van der Waals surface area contributed by atoms with Crippen LogP contribution in [-0.4, -0.2) is 33.8 Å². The third-order valence-corrected chi connectivity index (χ3v) is 4.22. The molecule has 0 amide bonds. The molecule has 1 aromatic heterocycles. The van der Waals surface area contributed by atoms with Gasteiger partial charge < -0.3 is 15.2 Å². The van der Waals surface area contributed by atoms with Crippen LogP contribution in [0.5, 0.6) is 0 Å². The van der Waals surface area contributed by atoms with Crippen LogP contribution >= 0.6 is 0 Å². The summed E-state index contributed by atoms with van der Waals surface area (Å²) < 4.78 is 1.96. The maximum absolute atomic E-state index is 4.61. The average molecular weight is 328 g/mol. The minimum atomic E-state index is 0.510. The van der Waals surface area contributed by atoms with Crippen LogP contribution in [0.25, 0.3) is 0 Å².